The molecule has 0 spiro atoms. The normalized spacial score (nSPS) is 14.0. The van der Waals surface area contributed by atoms with Crippen LogP contribution in [0.1, 0.15) is 59.8 Å². The van der Waals surface area contributed by atoms with E-state index in [0.29, 0.717) is 12.8 Å². The summed E-state index contributed by atoms with van der Waals surface area (Å²) >= 11 is 5.59. The number of unbranched alkanes of at least 4 members (excludes halogenated alkanes) is 3. The smallest absolute Gasteiger partial charge is 0.414 e. The summed E-state index contributed by atoms with van der Waals surface area (Å²) in [7, 11) is 0. The fourth-order valence-corrected chi connectivity index (χ4v) is 1.79. The first kappa shape index (κ1) is 19.3. The number of allylic oxidation sites excluding steroid dienone is 1. The second-order valence-electron chi connectivity index (χ2n) is 5.60. The molecule has 0 unspecified atom stereocenters. The van der Waals surface area contributed by atoms with Gasteiger partial charge in [0.05, 0.1) is 5.57 Å². The third-order valence-corrected chi connectivity index (χ3v) is 2.85. The van der Waals surface area contributed by atoms with Gasteiger partial charge in [0.1, 0.15) is 10.6 Å². The molecule has 0 N–H and O–H groups in total. The Bertz CT molecular complexity index is 354. The van der Waals surface area contributed by atoms with E-state index >= 15 is 0 Å². The Morgan fingerprint density at radius 3 is 2.05 bits per heavy atom. The average Bonchev–Trinajstić information content (AvgIpc) is 2.24. The number of carbonyl (C=O) groups excluding carboxylic acids is 1. The standard InChI is InChI=1S/C14H22ClF3O2/c1-5-6-7-8-9-10(14(16,17)18)11(15)12(19)20-13(2,3)4/h5-9H2,1-4H3/b11-10+. The van der Waals surface area contributed by atoms with Crippen LogP contribution in [0, 0.1) is 0 Å². The Kier molecular flexibility index (Phi) is 7.63. The molecule has 0 fully saturated rings. The van der Waals surface area contributed by atoms with E-state index in [1.165, 1.54) is 0 Å². The van der Waals surface area contributed by atoms with Gasteiger partial charge in [-0.3, -0.25) is 0 Å². The fourth-order valence-electron chi connectivity index (χ4n) is 1.55. The number of carbonyl (C=O) groups is 1. The summed E-state index contributed by atoms with van der Waals surface area (Å²) in [5.41, 5.74) is -1.87. The number of hydrogen-bond acceptors (Lipinski definition) is 2. The Balaban J connectivity index is 4.98. The van der Waals surface area contributed by atoms with Crippen molar-refractivity contribution in [2.45, 2.75) is 71.6 Å². The Hall–Kier alpha value is -0.710. The highest BCUT2D eigenvalue weighted by Gasteiger charge is 2.38. The van der Waals surface area contributed by atoms with Gasteiger partial charge in [-0.25, -0.2) is 4.79 Å². The molecule has 0 amide bonds. The van der Waals surface area contributed by atoms with Crippen molar-refractivity contribution in [1.82, 2.24) is 0 Å². The van der Waals surface area contributed by atoms with Crippen LogP contribution in [0.5, 0.6) is 0 Å². The maximum absolute atomic E-state index is 12.9. The molecule has 0 aromatic heterocycles. The van der Waals surface area contributed by atoms with Crippen LogP contribution in [0.3, 0.4) is 0 Å². The lowest BCUT2D eigenvalue weighted by Crippen LogP contribution is -2.26. The van der Waals surface area contributed by atoms with Crippen LogP contribution in [0.25, 0.3) is 0 Å². The molecular formula is C14H22ClF3O2. The van der Waals surface area contributed by atoms with Gasteiger partial charge >= 0.3 is 12.1 Å². The molecule has 0 atom stereocenters. The van der Waals surface area contributed by atoms with E-state index in [1.807, 2.05) is 6.92 Å². The number of alkyl halides is 3. The molecule has 0 aliphatic rings. The molecule has 118 valence electrons. The van der Waals surface area contributed by atoms with Crippen LogP contribution in [0.15, 0.2) is 10.6 Å². The second-order valence-corrected chi connectivity index (χ2v) is 5.98. The first-order valence-electron chi connectivity index (χ1n) is 6.68. The van der Waals surface area contributed by atoms with E-state index in [4.69, 9.17) is 16.3 Å². The molecule has 0 heterocycles. The zero-order chi connectivity index (χ0) is 16.0. The van der Waals surface area contributed by atoms with E-state index < -0.39 is 28.4 Å². The number of halogens is 4. The first-order valence-corrected chi connectivity index (χ1v) is 7.06. The van der Waals surface area contributed by atoms with Crippen LogP contribution in [-0.4, -0.2) is 17.7 Å². The summed E-state index contributed by atoms with van der Waals surface area (Å²) in [6.45, 7) is 6.69. The Morgan fingerprint density at radius 1 is 1.10 bits per heavy atom. The molecular weight excluding hydrogens is 293 g/mol. The minimum atomic E-state index is -4.61. The summed E-state index contributed by atoms with van der Waals surface area (Å²) in [5.74, 6) is -1.12. The maximum atomic E-state index is 12.9. The van der Waals surface area contributed by atoms with Gasteiger partial charge in [0.15, 0.2) is 0 Å². The van der Waals surface area contributed by atoms with Crippen molar-refractivity contribution >= 4 is 17.6 Å². The summed E-state index contributed by atoms with van der Waals surface area (Å²) < 4.78 is 43.6. The van der Waals surface area contributed by atoms with Crippen LogP contribution in [-0.2, 0) is 9.53 Å². The minimum Gasteiger partial charge on any atom is -0.456 e. The molecule has 0 saturated heterocycles. The van der Waals surface area contributed by atoms with Gasteiger partial charge in [-0.15, -0.1) is 0 Å². The monoisotopic (exact) mass is 314 g/mol. The molecule has 0 radical (unpaired) electrons. The molecule has 0 rings (SSSR count). The largest absolute Gasteiger partial charge is 0.456 e. The van der Waals surface area contributed by atoms with Gasteiger partial charge in [0.25, 0.3) is 0 Å². The second kappa shape index (κ2) is 7.91. The van der Waals surface area contributed by atoms with Crippen LogP contribution in [0.4, 0.5) is 13.2 Å². The highest BCUT2D eigenvalue weighted by Crippen LogP contribution is 2.34. The van der Waals surface area contributed by atoms with Gasteiger partial charge in [-0.1, -0.05) is 37.8 Å². The third-order valence-electron chi connectivity index (χ3n) is 2.47. The van der Waals surface area contributed by atoms with E-state index in [-0.39, 0.29) is 6.42 Å². The van der Waals surface area contributed by atoms with Crippen molar-refractivity contribution in [3.8, 4) is 0 Å². The van der Waals surface area contributed by atoms with Crippen LogP contribution >= 0.6 is 11.6 Å². The molecule has 2 nitrogen and oxygen atoms in total. The van der Waals surface area contributed by atoms with Crippen LogP contribution in [0.2, 0.25) is 0 Å². The number of rotatable bonds is 6. The molecule has 6 heteroatoms. The molecule has 0 aliphatic heterocycles. The highest BCUT2D eigenvalue weighted by molar-refractivity contribution is 6.41. The van der Waals surface area contributed by atoms with Gasteiger partial charge in [-0.2, -0.15) is 13.2 Å². The van der Waals surface area contributed by atoms with Crippen molar-refractivity contribution in [3.05, 3.63) is 10.6 Å². The Labute approximate surface area is 123 Å². The zero-order valence-electron chi connectivity index (χ0n) is 12.4. The Morgan fingerprint density at radius 2 is 1.65 bits per heavy atom. The van der Waals surface area contributed by atoms with E-state index in [1.54, 1.807) is 20.8 Å². The third kappa shape index (κ3) is 7.78. The molecule has 0 aliphatic carbocycles. The van der Waals surface area contributed by atoms with Crippen molar-refractivity contribution in [2.24, 2.45) is 0 Å². The van der Waals surface area contributed by atoms with E-state index in [9.17, 15) is 18.0 Å². The molecule has 0 aromatic carbocycles. The molecule has 20 heavy (non-hydrogen) atoms. The number of ether oxygens (including phenoxy) is 1. The van der Waals surface area contributed by atoms with Crippen molar-refractivity contribution < 1.29 is 22.7 Å². The van der Waals surface area contributed by atoms with Crippen molar-refractivity contribution in [1.29, 1.82) is 0 Å². The summed E-state index contributed by atoms with van der Waals surface area (Å²) in [6.07, 6.45) is -2.07. The first-order chi connectivity index (χ1) is 8.99. The SMILES string of the molecule is CCCCCC/C(=C(\Cl)C(=O)OC(C)(C)C)C(F)(F)F. The lowest BCUT2D eigenvalue weighted by atomic mass is 10.1. The summed E-state index contributed by atoms with van der Waals surface area (Å²) in [5, 5.41) is -0.857. The van der Waals surface area contributed by atoms with E-state index in [2.05, 4.69) is 0 Å². The molecule has 0 saturated carbocycles. The molecule has 0 bridgehead atoms. The quantitative estimate of drug-likeness (QED) is 0.375. The number of hydrogen-bond donors (Lipinski definition) is 0. The zero-order valence-corrected chi connectivity index (χ0v) is 13.1. The lowest BCUT2D eigenvalue weighted by Gasteiger charge is -2.21. The minimum absolute atomic E-state index is 0.262. The summed E-state index contributed by atoms with van der Waals surface area (Å²) in [4.78, 5) is 11.6. The maximum Gasteiger partial charge on any atom is 0.414 e. The topological polar surface area (TPSA) is 26.3 Å². The predicted molar refractivity (Wildman–Crippen MR) is 73.5 cm³/mol. The number of esters is 1. The summed E-state index contributed by atoms with van der Waals surface area (Å²) in [6, 6.07) is 0. The van der Waals surface area contributed by atoms with Crippen molar-refractivity contribution in [3.63, 3.8) is 0 Å². The van der Waals surface area contributed by atoms with E-state index in [0.717, 1.165) is 12.8 Å². The highest BCUT2D eigenvalue weighted by atomic mass is 35.5. The van der Waals surface area contributed by atoms with Crippen molar-refractivity contribution in [2.75, 3.05) is 0 Å². The van der Waals surface area contributed by atoms with Gasteiger partial charge in [0, 0.05) is 0 Å². The van der Waals surface area contributed by atoms with Gasteiger partial charge < -0.3 is 4.74 Å². The fraction of sp³-hybridized carbons (Fsp3) is 0.786. The molecule has 0 aromatic rings. The predicted octanol–water partition coefficient (Wildman–Crippen LogP) is 5.35. The average molecular weight is 315 g/mol. The lowest BCUT2D eigenvalue weighted by molar-refractivity contribution is -0.150. The van der Waals surface area contributed by atoms with Gasteiger partial charge in [-0.05, 0) is 33.6 Å². The van der Waals surface area contributed by atoms with Crippen LogP contribution < -0.4 is 0 Å². The van der Waals surface area contributed by atoms with Gasteiger partial charge in [0.2, 0.25) is 0 Å².